The standard InChI is InChI=1S/C14H18N6O3/c1-8-10(6-19(2)17-8)14(23)20-5-9(3-13(21)22)11(7-20)12-4-15-18-16-12/h4,6,9,11H,3,5,7H2,1-2H3,(H,21,22)(H,15,16,18)/t9-,11+/m1/s1. The van der Waals surface area contributed by atoms with Crippen molar-refractivity contribution < 1.29 is 14.7 Å². The smallest absolute Gasteiger partial charge is 0.303 e. The monoisotopic (exact) mass is 318 g/mol. The van der Waals surface area contributed by atoms with E-state index in [1.165, 1.54) is 0 Å². The number of aromatic nitrogens is 5. The molecule has 9 nitrogen and oxygen atoms in total. The zero-order chi connectivity index (χ0) is 16.6. The van der Waals surface area contributed by atoms with E-state index in [2.05, 4.69) is 20.5 Å². The molecule has 2 aromatic heterocycles. The number of hydrogen-bond acceptors (Lipinski definition) is 5. The number of carbonyl (C=O) groups excluding carboxylic acids is 1. The molecule has 0 unspecified atom stereocenters. The molecule has 9 heteroatoms. The molecule has 1 aliphatic heterocycles. The van der Waals surface area contributed by atoms with Gasteiger partial charge in [-0.05, 0) is 12.8 Å². The van der Waals surface area contributed by atoms with Crippen molar-refractivity contribution in [1.29, 1.82) is 0 Å². The first-order chi connectivity index (χ1) is 11.0. The first kappa shape index (κ1) is 15.2. The Bertz CT molecular complexity index is 723. The van der Waals surface area contributed by atoms with Crippen molar-refractivity contribution in [1.82, 2.24) is 30.1 Å². The van der Waals surface area contributed by atoms with Crippen molar-refractivity contribution in [2.75, 3.05) is 13.1 Å². The van der Waals surface area contributed by atoms with Crippen LogP contribution in [0.2, 0.25) is 0 Å². The maximum Gasteiger partial charge on any atom is 0.303 e. The molecule has 1 saturated heterocycles. The third kappa shape index (κ3) is 2.94. The van der Waals surface area contributed by atoms with Crippen molar-refractivity contribution in [3.63, 3.8) is 0 Å². The van der Waals surface area contributed by atoms with Gasteiger partial charge in [-0.25, -0.2) is 0 Å². The molecule has 0 aromatic carbocycles. The zero-order valence-corrected chi connectivity index (χ0v) is 12.9. The fraction of sp³-hybridized carbons (Fsp3) is 0.500. The molecular weight excluding hydrogens is 300 g/mol. The largest absolute Gasteiger partial charge is 0.481 e. The van der Waals surface area contributed by atoms with Crippen LogP contribution < -0.4 is 0 Å². The van der Waals surface area contributed by atoms with E-state index in [1.54, 1.807) is 35.9 Å². The van der Waals surface area contributed by atoms with Gasteiger partial charge in [0, 0.05) is 32.3 Å². The lowest BCUT2D eigenvalue weighted by molar-refractivity contribution is -0.138. The first-order valence-electron chi connectivity index (χ1n) is 7.32. The minimum atomic E-state index is -0.879. The van der Waals surface area contributed by atoms with Crippen LogP contribution in [0.15, 0.2) is 12.4 Å². The van der Waals surface area contributed by atoms with Gasteiger partial charge in [0.05, 0.1) is 29.6 Å². The van der Waals surface area contributed by atoms with Gasteiger partial charge >= 0.3 is 5.97 Å². The van der Waals surface area contributed by atoms with E-state index in [0.717, 1.165) is 0 Å². The molecule has 1 fully saturated rings. The molecule has 1 aliphatic rings. The predicted octanol–water partition coefficient (Wildman–Crippen LogP) is 0.177. The van der Waals surface area contributed by atoms with Crippen molar-refractivity contribution in [3.05, 3.63) is 29.3 Å². The average Bonchev–Trinajstić information content (AvgIpc) is 3.17. The second kappa shape index (κ2) is 5.82. The summed E-state index contributed by atoms with van der Waals surface area (Å²) in [7, 11) is 1.76. The molecule has 2 N–H and O–H groups in total. The third-order valence-electron chi connectivity index (χ3n) is 4.22. The minimum absolute atomic E-state index is 0.00662. The van der Waals surface area contributed by atoms with Gasteiger partial charge < -0.3 is 10.0 Å². The number of H-pyrrole nitrogens is 1. The van der Waals surface area contributed by atoms with Crippen LogP contribution >= 0.6 is 0 Å². The number of nitrogens with zero attached hydrogens (tertiary/aromatic N) is 5. The van der Waals surface area contributed by atoms with Crippen LogP contribution in [0.4, 0.5) is 0 Å². The van der Waals surface area contributed by atoms with E-state index in [9.17, 15) is 9.59 Å². The summed E-state index contributed by atoms with van der Waals surface area (Å²) in [6.45, 7) is 2.60. The number of nitrogens with one attached hydrogen (secondary N) is 1. The summed E-state index contributed by atoms with van der Waals surface area (Å²) in [5.74, 6) is -1.32. The maximum absolute atomic E-state index is 12.7. The van der Waals surface area contributed by atoms with Gasteiger partial charge in [0.1, 0.15) is 0 Å². The number of carboxylic acid groups (broad SMARTS) is 1. The molecule has 0 spiro atoms. The van der Waals surface area contributed by atoms with Crippen LogP contribution in [-0.2, 0) is 11.8 Å². The van der Waals surface area contributed by atoms with Gasteiger partial charge in [0.25, 0.3) is 5.91 Å². The summed E-state index contributed by atoms with van der Waals surface area (Å²) in [5.41, 5.74) is 1.90. The molecule has 0 aliphatic carbocycles. The second-order valence-corrected chi connectivity index (χ2v) is 5.87. The van der Waals surface area contributed by atoms with Crippen LogP contribution in [0.1, 0.15) is 34.1 Å². The Labute approximate surface area is 132 Å². The number of aryl methyl sites for hydroxylation is 2. The number of likely N-dealkylation sites (tertiary alicyclic amines) is 1. The Kier molecular flexibility index (Phi) is 3.85. The van der Waals surface area contributed by atoms with Crippen molar-refractivity contribution >= 4 is 11.9 Å². The lowest BCUT2D eigenvalue weighted by atomic mass is 9.91. The van der Waals surface area contributed by atoms with Gasteiger partial charge in [-0.1, -0.05) is 0 Å². The van der Waals surface area contributed by atoms with E-state index in [-0.39, 0.29) is 24.2 Å². The Morgan fingerprint density at radius 3 is 2.78 bits per heavy atom. The summed E-state index contributed by atoms with van der Waals surface area (Å²) >= 11 is 0. The minimum Gasteiger partial charge on any atom is -0.481 e. The van der Waals surface area contributed by atoms with E-state index in [0.29, 0.717) is 30.0 Å². The Balaban J connectivity index is 1.83. The summed E-state index contributed by atoms with van der Waals surface area (Å²) < 4.78 is 1.60. The van der Waals surface area contributed by atoms with Gasteiger partial charge in [-0.2, -0.15) is 20.5 Å². The topological polar surface area (TPSA) is 117 Å². The average molecular weight is 318 g/mol. The lowest BCUT2D eigenvalue weighted by Crippen LogP contribution is -2.29. The van der Waals surface area contributed by atoms with Gasteiger partial charge in [-0.3, -0.25) is 14.3 Å². The fourth-order valence-corrected chi connectivity index (χ4v) is 3.17. The highest BCUT2D eigenvalue weighted by Gasteiger charge is 2.39. The first-order valence-corrected chi connectivity index (χ1v) is 7.32. The molecule has 2 atom stereocenters. The predicted molar refractivity (Wildman–Crippen MR) is 78.7 cm³/mol. The molecule has 23 heavy (non-hydrogen) atoms. The van der Waals surface area contributed by atoms with Crippen LogP contribution in [0.25, 0.3) is 0 Å². The summed E-state index contributed by atoms with van der Waals surface area (Å²) in [4.78, 5) is 25.5. The van der Waals surface area contributed by atoms with E-state index >= 15 is 0 Å². The number of rotatable bonds is 4. The molecular formula is C14H18N6O3. The molecule has 1 amide bonds. The van der Waals surface area contributed by atoms with E-state index in [4.69, 9.17) is 5.11 Å². The number of aliphatic carboxylic acids is 1. The number of carboxylic acids is 1. The highest BCUT2D eigenvalue weighted by atomic mass is 16.4. The number of carbonyl (C=O) groups is 2. The molecule has 0 radical (unpaired) electrons. The van der Waals surface area contributed by atoms with Crippen LogP contribution in [0.5, 0.6) is 0 Å². The molecule has 3 rings (SSSR count). The summed E-state index contributed by atoms with van der Waals surface area (Å²) in [6, 6.07) is 0. The number of hydrogen-bond donors (Lipinski definition) is 2. The SMILES string of the molecule is Cc1nn(C)cc1C(=O)N1C[C@@H](CC(=O)O)[C@@H](c2cn[nH]n2)C1. The molecule has 2 aromatic rings. The lowest BCUT2D eigenvalue weighted by Gasteiger charge is -2.15. The number of aromatic amines is 1. The second-order valence-electron chi connectivity index (χ2n) is 5.87. The quantitative estimate of drug-likeness (QED) is 0.830. The molecule has 0 bridgehead atoms. The van der Waals surface area contributed by atoms with Crippen LogP contribution in [0.3, 0.4) is 0 Å². The third-order valence-corrected chi connectivity index (χ3v) is 4.22. The Hall–Kier alpha value is -2.71. The molecule has 3 heterocycles. The maximum atomic E-state index is 12.7. The normalized spacial score (nSPS) is 20.9. The van der Waals surface area contributed by atoms with Gasteiger partial charge in [0.2, 0.25) is 0 Å². The number of amides is 1. The van der Waals surface area contributed by atoms with E-state index < -0.39 is 5.97 Å². The highest BCUT2D eigenvalue weighted by molar-refractivity contribution is 5.95. The Morgan fingerprint density at radius 1 is 1.43 bits per heavy atom. The summed E-state index contributed by atoms with van der Waals surface area (Å²) in [6.07, 6.45) is 3.27. The highest BCUT2D eigenvalue weighted by Crippen LogP contribution is 2.34. The molecule has 0 saturated carbocycles. The van der Waals surface area contributed by atoms with Gasteiger partial charge in [0.15, 0.2) is 0 Å². The van der Waals surface area contributed by atoms with Crippen molar-refractivity contribution in [2.24, 2.45) is 13.0 Å². The van der Waals surface area contributed by atoms with Crippen LogP contribution in [0, 0.1) is 12.8 Å². The summed E-state index contributed by atoms with van der Waals surface area (Å²) in [5, 5.41) is 23.7. The van der Waals surface area contributed by atoms with Crippen molar-refractivity contribution in [2.45, 2.75) is 19.3 Å². The fourth-order valence-electron chi connectivity index (χ4n) is 3.17. The van der Waals surface area contributed by atoms with Crippen LogP contribution in [-0.4, -0.2) is 60.2 Å². The van der Waals surface area contributed by atoms with Crippen molar-refractivity contribution in [3.8, 4) is 0 Å². The van der Waals surface area contributed by atoms with Gasteiger partial charge in [-0.15, -0.1) is 0 Å². The van der Waals surface area contributed by atoms with E-state index in [1.807, 2.05) is 0 Å². The molecule has 122 valence electrons. The zero-order valence-electron chi connectivity index (χ0n) is 12.9. The Morgan fingerprint density at radius 2 is 2.22 bits per heavy atom.